The van der Waals surface area contributed by atoms with Gasteiger partial charge in [-0.1, -0.05) is 0 Å². The van der Waals surface area contributed by atoms with E-state index >= 15 is 0 Å². The van der Waals surface area contributed by atoms with Crippen molar-refractivity contribution in [1.29, 1.82) is 0 Å². The molecule has 0 fully saturated rings. The van der Waals surface area contributed by atoms with Gasteiger partial charge in [0.2, 0.25) is 0 Å². The van der Waals surface area contributed by atoms with E-state index in [1.165, 1.54) is 0 Å². The molecule has 0 aromatic carbocycles. The summed E-state index contributed by atoms with van der Waals surface area (Å²) < 4.78 is 7.45. The van der Waals surface area contributed by atoms with Crippen molar-refractivity contribution in [3.63, 3.8) is 0 Å². The molecule has 1 aliphatic heterocycles. The van der Waals surface area contributed by atoms with Crippen molar-refractivity contribution in [3.8, 4) is 0 Å². The molecule has 2 rings (SSSR count). The van der Waals surface area contributed by atoms with Crippen LogP contribution in [0, 0.1) is 0 Å². The molecule has 2 heterocycles. The Morgan fingerprint density at radius 2 is 2.09 bits per heavy atom. The summed E-state index contributed by atoms with van der Waals surface area (Å²) in [5, 5.41) is 0. The van der Waals surface area contributed by atoms with Gasteiger partial charge >= 0.3 is 0 Å². The van der Waals surface area contributed by atoms with E-state index in [4.69, 9.17) is 4.74 Å². The van der Waals surface area contributed by atoms with Gasteiger partial charge in [-0.15, -0.1) is 0 Å². The first-order chi connectivity index (χ1) is 5.47. The van der Waals surface area contributed by atoms with Crippen molar-refractivity contribution in [2.24, 2.45) is 0 Å². The Morgan fingerprint density at radius 3 is 2.73 bits per heavy atom. The highest BCUT2D eigenvalue weighted by atomic mass is 16.5. The van der Waals surface area contributed by atoms with Crippen molar-refractivity contribution >= 4 is 5.88 Å². The summed E-state index contributed by atoms with van der Waals surface area (Å²) in [6.45, 7) is 0.851. The van der Waals surface area contributed by atoms with Crippen LogP contribution in [0.15, 0.2) is 30.6 Å². The first-order valence-corrected chi connectivity index (χ1v) is 3.93. The van der Waals surface area contributed by atoms with Crippen LogP contribution in [0.5, 0.6) is 0 Å². The molecule has 0 bridgehead atoms. The predicted molar refractivity (Wildman–Crippen MR) is 43.9 cm³/mol. The Balaban J connectivity index is 2.22. The van der Waals surface area contributed by atoms with Crippen LogP contribution in [-0.4, -0.2) is 11.2 Å². The zero-order chi connectivity index (χ0) is 7.52. The lowest BCUT2D eigenvalue weighted by Gasteiger charge is -2.14. The fraction of sp³-hybridized carbons (Fsp3) is 0.333. The van der Waals surface area contributed by atoms with Gasteiger partial charge in [-0.05, 0) is 31.1 Å². The molecule has 2 heteroatoms. The summed E-state index contributed by atoms with van der Waals surface area (Å²) in [7, 11) is 0. The molecule has 0 saturated heterocycles. The summed E-state index contributed by atoms with van der Waals surface area (Å²) in [5.41, 5.74) is 0. The van der Waals surface area contributed by atoms with Crippen LogP contribution in [0.2, 0.25) is 0 Å². The van der Waals surface area contributed by atoms with Gasteiger partial charge in [0, 0.05) is 12.4 Å². The Kier molecular flexibility index (Phi) is 1.68. The topological polar surface area (TPSA) is 14.2 Å². The Morgan fingerprint density at radius 1 is 1.27 bits per heavy atom. The Bertz CT molecular complexity index is 249. The van der Waals surface area contributed by atoms with Gasteiger partial charge in [-0.2, -0.15) is 0 Å². The summed E-state index contributed by atoms with van der Waals surface area (Å²) in [4.78, 5) is 0. The van der Waals surface area contributed by atoms with Crippen LogP contribution in [-0.2, 0) is 4.74 Å². The number of allylic oxidation sites excluding steroid dienone is 1. The molecule has 0 spiro atoms. The number of hydrogen-bond donors (Lipinski definition) is 0. The average Bonchev–Trinajstić information content (AvgIpc) is 2.58. The fourth-order valence-electron chi connectivity index (χ4n) is 1.21. The third kappa shape index (κ3) is 1.29. The molecule has 0 aliphatic carbocycles. The van der Waals surface area contributed by atoms with Crippen LogP contribution in [0.25, 0.3) is 5.88 Å². The maximum atomic E-state index is 5.45. The quantitative estimate of drug-likeness (QED) is 0.596. The summed E-state index contributed by atoms with van der Waals surface area (Å²) >= 11 is 0. The second-order valence-corrected chi connectivity index (χ2v) is 2.62. The van der Waals surface area contributed by atoms with Crippen molar-refractivity contribution in [3.05, 3.63) is 30.6 Å². The number of aromatic nitrogens is 1. The molecule has 0 unspecified atom stereocenters. The molecule has 0 radical (unpaired) electrons. The van der Waals surface area contributed by atoms with Crippen LogP contribution >= 0.6 is 0 Å². The molecule has 1 aromatic rings. The lowest BCUT2D eigenvalue weighted by Crippen LogP contribution is -2.04. The van der Waals surface area contributed by atoms with Gasteiger partial charge < -0.3 is 4.74 Å². The van der Waals surface area contributed by atoms with Crippen LogP contribution in [0.1, 0.15) is 12.8 Å². The van der Waals surface area contributed by atoms with Gasteiger partial charge in [0.05, 0.1) is 6.61 Å². The minimum Gasteiger partial charge on any atom is -0.479 e. The number of rotatable bonds is 1. The van der Waals surface area contributed by atoms with E-state index in [2.05, 4.69) is 6.08 Å². The van der Waals surface area contributed by atoms with Gasteiger partial charge in [0.15, 0.2) is 5.88 Å². The van der Waals surface area contributed by atoms with Gasteiger partial charge in [-0.3, -0.25) is 4.57 Å². The zero-order valence-corrected chi connectivity index (χ0v) is 6.36. The molecule has 0 N–H and O–H groups in total. The van der Waals surface area contributed by atoms with Gasteiger partial charge in [-0.25, -0.2) is 0 Å². The van der Waals surface area contributed by atoms with Gasteiger partial charge in [0.1, 0.15) is 0 Å². The summed E-state index contributed by atoms with van der Waals surface area (Å²) in [6, 6.07) is 4.00. The largest absolute Gasteiger partial charge is 0.479 e. The minimum atomic E-state index is 0.851. The van der Waals surface area contributed by atoms with Crippen molar-refractivity contribution in [2.45, 2.75) is 12.8 Å². The molecule has 1 aliphatic rings. The maximum Gasteiger partial charge on any atom is 0.193 e. The second kappa shape index (κ2) is 2.82. The highest BCUT2D eigenvalue weighted by Crippen LogP contribution is 2.14. The zero-order valence-electron chi connectivity index (χ0n) is 6.36. The van der Waals surface area contributed by atoms with Crippen LogP contribution in [0.4, 0.5) is 0 Å². The second-order valence-electron chi connectivity index (χ2n) is 2.62. The number of hydrogen-bond acceptors (Lipinski definition) is 1. The third-order valence-corrected chi connectivity index (χ3v) is 1.78. The lowest BCUT2D eigenvalue weighted by molar-refractivity contribution is 0.240. The van der Waals surface area contributed by atoms with E-state index in [-0.39, 0.29) is 0 Å². The highest BCUT2D eigenvalue weighted by Gasteiger charge is 2.03. The summed E-state index contributed by atoms with van der Waals surface area (Å²) in [5.74, 6) is 0.973. The van der Waals surface area contributed by atoms with Crippen molar-refractivity contribution < 1.29 is 4.74 Å². The van der Waals surface area contributed by atoms with E-state index in [0.717, 1.165) is 25.3 Å². The maximum absolute atomic E-state index is 5.45. The van der Waals surface area contributed by atoms with Crippen molar-refractivity contribution in [1.82, 2.24) is 4.57 Å². The third-order valence-electron chi connectivity index (χ3n) is 1.78. The molecule has 11 heavy (non-hydrogen) atoms. The van der Waals surface area contributed by atoms with E-state index < -0.39 is 0 Å². The summed E-state index contributed by atoms with van der Waals surface area (Å²) in [6.07, 6.45) is 8.40. The monoisotopic (exact) mass is 149 g/mol. The predicted octanol–water partition coefficient (Wildman–Crippen LogP) is 2.10. The van der Waals surface area contributed by atoms with E-state index in [1.807, 2.05) is 29.1 Å². The number of ether oxygens (including phenoxy) is 1. The minimum absolute atomic E-state index is 0.851. The molecular weight excluding hydrogens is 138 g/mol. The molecule has 58 valence electrons. The molecule has 1 aromatic heterocycles. The molecule has 0 saturated carbocycles. The smallest absolute Gasteiger partial charge is 0.193 e. The molecule has 0 atom stereocenters. The van der Waals surface area contributed by atoms with E-state index in [1.54, 1.807) is 0 Å². The van der Waals surface area contributed by atoms with Crippen LogP contribution < -0.4 is 0 Å². The first kappa shape index (κ1) is 6.53. The average molecular weight is 149 g/mol. The fourth-order valence-corrected chi connectivity index (χ4v) is 1.21. The first-order valence-electron chi connectivity index (χ1n) is 3.93. The Labute approximate surface area is 66.1 Å². The van der Waals surface area contributed by atoms with E-state index in [0.29, 0.717) is 0 Å². The number of nitrogens with zero attached hydrogens (tertiary/aromatic N) is 1. The Hall–Kier alpha value is -1.18. The SMILES string of the molecule is C1=C(n2cccc2)OCCC1. The van der Waals surface area contributed by atoms with Gasteiger partial charge in [0.25, 0.3) is 0 Å². The van der Waals surface area contributed by atoms with Crippen LogP contribution in [0.3, 0.4) is 0 Å². The standard InChI is InChI=1S/C9H11NO/c1-4-8-11-9(5-1)10-6-2-3-7-10/h2-3,5-7H,1,4,8H2. The molecule has 0 amide bonds. The normalized spacial score (nSPS) is 17.3. The molecular formula is C9H11NO. The molecule has 2 nitrogen and oxygen atoms in total. The van der Waals surface area contributed by atoms with Crippen molar-refractivity contribution in [2.75, 3.05) is 6.61 Å². The lowest BCUT2D eigenvalue weighted by atomic mass is 10.3. The van der Waals surface area contributed by atoms with E-state index in [9.17, 15) is 0 Å². The highest BCUT2D eigenvalue weighted by molar-refractivity contribution is 5.37.